The lowest BCUT2D eigenvalue weighted by atomic mass is 10.2. The molecule has 0 aliphatic carbocycles. The highest BCUT2D eigenvalue weighted by atomic mass is 16.4. The van der Waals surface area contributed by atoms with Gasteiger partial charge in [-0.25, -0.2) is 0 Å². The fourth-order valence-electron chi connectivity index (χ4n) is 1.94. The molecule has 1 aliphatic rings. The molecule has 1 amide bonds. The van der Waals surface area contributed by atoms with Gasteiger partial charge in [0.2, 0.25) is 5.91 Å². The number of carboxylic acids is 1. The summed E-state index contributed by atoms with van der Waals surface area (Å²) in [5.41, 5.74) is 0. The Hall–Kier alpha value is -1.14. The maximum absolute atomic E-state index is 11.9. The summed E-state index contributed by atoms with van der Waals surface area (Å²) in [6, 6.07) is -0.180. The molecule has 2 N–H and O–H groups in total. The molecule has 0 spiro atoms. The molecule has 1 unspecified atom stereocenters. The van der Waals surface area contributed by atoms with Crippen molar-refractivity contribution < 1.29 is 14.7 Å². The quantitative estimate of drug-likeness (QED) is 0.677. The van der Waals surface area contributed by atoms with Crippen LogP contribution in [0.2, 0.25) is 0 Å². The maximum Gasteiger partial charge on any atom is 0.317 e. The van der Waals surface area contributed by atoms with Gasteiger partial charge in [0.15, 0.2) is 0 Å². The summed E-state index contributed by atoms with van der Waals surface area (Å²) < 4.78 is 0. The molecule has 1 rings (SSSR count). The summed E-state index contributed by atoms with van der Waals surface area (Å²) in [6.45, 7) is 4.59. The highest BCUT2D eigenvalue weighted by molar-refractivity contribution is 5.81. The van der Waals surface area contributed by atoms with Gasteiger partial charge in [-0.3, -0.25) is 14.5 Å². The third-order valence-corrected chi connectivity index (χ3v) is 3.06. The van der Waals surface area contributed by atoms with Crippen LogP contribution < -0.4 is 5.32 Å². The zero-order valence-corrected chi connectivity index (χ0v) is 10.5. The highest BCUT2D eigenvalue weighted by Crippen LogP contribution is 2.04. The summed E-state index contributed by atoms with van der Waals surface area (Å²) in [5.74, 6) is -0.724. The predicted molar refractivity (Wildman–Crippen MR) is 63.8 cm³/mol. The zero-order chi connectivity index (χ0) is 12.8. The minimum Gasteiger partial charge on any atom is -0.480 e. The first-order valence-electron chi connectivity index (χ1n) is 5.94. The van der Waals surface area contributed by atoms with E-state index in [4.69, 9.17) is 5.11 Å². The van der Waals surface area contributed by atoms with Crippen molar-refractivity contribution >= 4 is 11.9 Å². The number of carbonyl (C=O) groups excluding carboxylic acids is 1. The molecular weight excluding hydrogens is 222 g/mol. The molecule has 0 bridgehead atoms. The third-order valence-electron chi connectivity index (χ3n) is 3.06. The molecule has 1 heterocycles. The number of nitrogens with one attached hydrogen (secondary N) is 1. The van der Waals surface area contributed by atoms with Gasteiger partial charge in [-0.05, 0) is 20.4 Å². The fraction of sp³-hybridized carbons (Fsp3) is 0.818. The molecule has 6 nitrogen and oxygen atoms in total. The zero-order valence-electron chi connectivity index (χ0n) is 10.5. The van der Waals surface area contributed by atoms with Crippen LogP contribution in [0.3, 0.4) is 0 Å². The van der Waals surface area contributed by atoms with Crippen molar-refractivity contribution in [2.75, 3.05) is 39.8 Å². The number of carboxylic acid groups (broad SMARTS) is 1. The van der Waals surface area contributed by atoms with Crippen LogP contribution in [0.1, 0.15) is 13.3 Å². The Kier molecular flexibility index (Phi) is 5.37. The third kappa shape index (κ3) is 4.32. The van der Waals surface area contributed by atoms with Gasteiger partial charge in [0.1, 0.15) is 0 Å². The van der Waals surface area contributed by atoms with Crippen LogP contribution in [0.5, 0.6) is 0 Å². The van der Waals surface area contributed by atoms with Gasteiger partial charge in [-0.2, -0.15) is 0 Å². The molecule has 1 saturated heterocycles. The van der Waals surface area contributed by atoms with Crippen molar-refractivity contribution in [1.29, 1.82) is 0 Å². The summed E-state index contributed by atoms with van der Waals surface area (Å²) in [5, 5.41) is 11.7. The van der Waals surface area contributed by atoms with Crippen molar-refractivity contribution in [2.45, 2.75) is 19.4 Å². The first-order chi connectivity index (χ1) is 8.04. The smallest absolute Gasteiger partial charge is 0.317 e. The monoisotopic (exact) mass is 243 g/mol. The van der Waals surface area contributed by atoms with Gasteiger partial charge in [0.05, 0.1) is 12.6 Å². The van der Waals surface area contributed by atoms with Crippen LogP contribution in [-0.2, 0) is 9.59 Å². The first-order valence-corrected chi connectivity index (χ1v) is 5.94. The fourth-order valence-corrected chi connectivity index (χ4v) is 1.94. The number of rotatable bonds is 4. The van der Waals surface area contributed by atoms with Gasteiger partial charge in [0, 0.05) is 26.2 Å². The Labute approximate surface area is 102 Å². The van der Waals surface area contributed by atoms with Crippen LogP contribution in [-0.4, -0.2) is 72.6 Å². The van der Waals surface area contributed by atoms with E-state index >= 15 is 0 Å². The second-order valence-electron chi connectivity index (χ2n) is 4.36. The SMILES string of the molecule is CNC(C)C(=O)N1CCCN(CC(=O)O)CC1. The van der Waals surface area contributed by atoms with Crippen molar-refractivity contribution in [1.82, 2.24) is 15.1 Å². The van der Waals surface area contributed by atoms with Crippen molar-refractivity contribution in [3.8, 4) is 0 Å². The molecule has 1 atom stereocenters. The predicted octanol–water partition coefficient (Wildman–Crippen LogP) is -0.787. The van der Waals surface area contributed by atoms with Crippen LogP contribution in [0.15, 0.2) is 0 Å². The van der Waals surface area contributed by atoms with E-state index < -0.39 is 5.97 Å². The first kappa shape index (κ1) is 13.9. The van der Waals surface area contributed by atoms with Crippen LogP contribution in [0.4, 0.5) is 0 Å². The van der Waals surface area contributed by atoms with E-state index in [2.05, 4.69) is 5.32 Å². The molecule has 1 fully saturated rings. The second-order valence-corrected chi connectivity index (χ2v) is 4.36. The Bertz CT molecular complexity index is 283. The Balaban J connectivity index is 2.47. The molecule has 0 aromatic carbocycles. The highest BCUT2D eigenvalue weighted by Gasteiger charge is 2.22. The van der Waals surface area contributed by atoms with E-state index in [0.29, 0.717) is 19.6 Å². The average Bonchev–Trinajstić information content (AvgIpc) is 2.52. The summed E-state index contributed by atoms with van der Waals surface area (Å²) in [7, 11) is 1.76. The van der Waals surface area contributed by atoms with E-state index in [1.54, 1.807) is 7.05 Å². The van der Waals surface area contributed by atoms with E-state index in [0.717, 1.165) is 13.0 Å². The lowest BCUT2D eigenvalue weighted by molar-refractivity contribution is -0.138. The lowest BCUT2D eigenvalue weighted by Crippen LogP contribution is -2.45. The standard InChI is InChI=1S/C11H21N3O3/c1-9(12-2)11(17)14-5-3-4-13(6-7-14)8-10(15)16/h9,12H,3-8H2,1-2H3,(H,15,16). The van der Waals surface area contributed by atoms with Gasteiger partial charge in [-0.1, -0.05) is 0 Å². The molecule has 0 radical (unpaired) electrons. The van der Waals surface area contributed by atoms with Crippen molar-refractivity contribution in [2.24, 2.45) is 0 Å². The minimum atomic E-state index is -0.812. The van der Waals surface area contributed by atoms with Crippen molar-refractivity contribution in [3.05, 3.63) is 0 Å². The molecule has 17 heavy (non-hydrogen) atoms. The number of aliphatic carboxylic acids is 1. The molecule has 0 aromatic rings. The molecule has 0 aromatic heterocycles. The van der Waals surface area contributed by atoms with E-state index in [1.807, 2.05) is 16.7 Å². The maximum atomic E-state index is 11.9. The number of hydrogen-bond acceptors (Lipinski definition) is 4. The number of likely N-dealkylation sites (N-methyl/N-ethyl adjacent to an activating group) is 1. The number of nitrogens with zero attached hydrogens (tertiary/aromatic N) is 2. The molecule has 1 aliphatic heterocycles. The Morgan fingerprint density at radius 1 is 1.29 bits per heavy atom. The van der Waals surface area contributed by atoms with E-state index in [9.17, 15) is 9.59 Å². The molecule has 98 valence electrons. The Morgan fingerprint density at radius 2 is 2.00 bits per heavy atom. The van der Waals surface area contributed by atoms with E-state index in [1.165, 1.54) is 0 Å². The normalized spacial score (nSPS) is 19.8. The molecule has 0 saturated carbocycles. The molecule has 6 heteroatoms. The van der Waals surface area contributed by atoms with Gasteiger partial charge < -0.3 is 15.3 Å². The van der Waals surface area contributed by atoms with Crippen LogP contribution in [0, 0.1) is 0 Å². The van der Waals surface area contributed by atoms with Crippen molar-refractivity contribution in [3.63, 3.8) is 0 Å². The number of hydrogen-bond donors (Lipinski definition) is 2. The second kappa shape index (κ2) is 6.56. The van der Waals surface area contributed by atoms with Gasteiger partial charge in [0.25, 0.3) is 0 Å². The topological polar surface area (TPSA) is 72.9 Å². The molecular formula is C11H21N3O3. The summed E-state index contributed by atoms with van der Waals surface area (Å²) in [6.07, 6.45) is 0.829. The minimum absolute atomic E-state index is 0.0591. The van der Waals surface area contributed by atoms with Crippen LogP contribution in [0.25, 0.3) is 0 Å². The summed E-state index contributed by atoms with van der Waals surface area (Å²) in [4.78, 5) is 26.2. The average molecular weight is 243 g/mol. The van der Waals surface area contributed by atoms with Crippen LogP contribution >= 0.6 is 0 Å². The van der Waals surface area contributed by atoms with E-state index in [-0.39, 0.29) is 18.5 Å². The number of carbonyl (C=O) groups is 2. The van der Waals surface area contributed by atoms with Gasteiger partial charge >= 0.3 is 5.97 Å². The Morgan fingerprint density at radius 3 is 2.59 bits per heavy atom. The summed E-state index contributed by atoms with van der Waals surface area (Å²) >= 11 is 0. The van der Waals surface area contributed by atoms with Gasteiger partial charge in [-0.15, -0.1) is 0 Å². The number of amides is 1. The largest absolute Gasteiger partial charge is 0.480 e. The lowest BCUT2D eigenvalue weighted by Gasteiger charge is -2.24.